The van der Waals surface area contributed by atoms with Crippen molar-refractivity contribution < 1.29 is 32.9 Å². The fourth-order valence-electron chi connectivity index (χ4n) is 15.5. The van der Waals surface area contributed by atoms with Crippen molar-refractivity contribution in [1.82, 2.24) is 4.57 Å². The van der Waals surface area contributed by atoms with Gasteiger partial charge in [0.1, 0.15) is 0 Å². The molecule has 0 spiro atoms. The molecule has 15 aromatic rings. The fourth-order valence-corrected chi connectivity index (χ4v) is 16.8. The van der Waals surface area contributed by atoms with Gasteiger partial charge in [0, 0.05) is 76.8 Å². The Kier molecular flexibility index (Phi) is 9.49. The Morgan fingerprint density at radius 3 is 1.25 bits per heavy atom. The van der Waals surface area contributed by atoms with Crippen LogP contribution in [0.15, 0.2) is 313 Å². The summed E-state index contributed by atoms with van der Waals surface area (Å²) in [5.74, 6) is 0. The van der Waals surface area contributed by atoms with E-state index >= 15 is 0 Å². The summed E-state index contributed by atoms with van der Waals surface area (Å²) in [6.07, 6.45) is 0. The van der Waals surface area contributed by atoms with Gasteiger partial charge in [0.05, 0.1) is 49.8 Å². The van der Waals surface area contributed by atoms with Gasteiger partial charge in [-0.2, -0.15) is 0 Å². The second kappa shape index (κ2) is 23.3. The summed E-state index contributed by atoms with van der Waals surface area (Å²) in [4.78, 5) is 3.84. The van der Waals surface area contributed by atoms with Crippen LogP contribution in [0.4, 0.5) is 34.1 Å². The monoisotopic (exact) mass is 1350 g/mol. The fraction of sp³-hybridized carbons (Fsp3) is 0.125. The van der Waals surface area contributed by atoms with Crippen LogP contribution in [0.1, 0.15) is 112 Å². The average Bonchev–Trinajstić information content (AvgIpc) is 1.24. The Morgan fingerprint density at radius 2 is 0.755 bits per heavy atom. The molecule has 0 bridgehead atoms. The highest BCUT2D eigenvalue weighted by Gasteiger charge is 2.51. The summed E-state index contributed by atoms with van der Waals surface area (Å²) in [5.41, 5.74) is 4.37. The third-order valence-electron chi connectivity index (χ3n) is 20.4. The lowest BCUT2D eigenvalue weighted by molar-refractivity contribution is 0.590. The molecule has 14 aromatic carbocycles. The van der Waals surface area contributed by atoms with Crippen LogP contribution >= 0.6 is 11.8 Å². The number of hydrogen-bond acceptors (Lipinski definition) is 3. The van der Waals surface area contributed by atoms with Gasteiger partial charge in [-0.1, -0.05) is 322 Å². The van der Waals surface area contributed by atoms with Crippen LogP contribution in [-0.2, 0) is 16.2 Å². The van der Waals surface area contributed by atoms with E-state index in [0.29, 0.717) is 78.3 Å². The molecular formula is C96H77B2N3S. The lowest BCUT2D eigenvalue weighted by Crippen LogP contribution is -2.66. The highest BCUT2D eigenvalue weighted by molar-refractivity contribution is 8.00. The van der Waals surface area contributed by atoms with Crippen molar-refractivity contribution in [3.05, 3.63) is 319 Å². The van der Waals surface area contributed by atoms with Crippen LogP contribution in [0.2, 0.25) is 0 Å². The van der Waals surface area contributed by atoms with Crippen molar-refractivity contribution in [1.29, 1.82) is 0 Å². The number of hydrogen-bond donors (Lipinski definition) is 0. The van der Waals surface area contributed by atoms with E-state index in [1.54, 1.807) is 0 Å². The normalized spacial score (nSPS) is 16.7. The largest absolute Gasteiger partial charge is 0.310 e. The minimum atomic E-state index is -1.73. The van der Waals surface area contributed by atoms with Crippen molar-refractivity contribution in [2.24, 2.45) is 0 Å². The molecule has 0 aliphatic carbocycles. The molecule has 6 heteroatoms. The maximum atomic E-state index is 12.3. The number of aromatic nitrogens is 1. The molecule has 0 atom stereocenters. The molecule has 0 N–H and O–H groups in total. The molecule has 488 valence electrons. The zero-order valence-corrected chi connectivity index (χ0v) is 58.2. The molecule has 19 rings (SSSR count). The van der Waals surface area contributed by atoms with E-state index < -0.39 is 197 Å². The number of anilines is 6. The first-order chi connectivity index (χ1) is 59.5. The number of para-hydroxylation sites is 2. The highest BCUT2D eigenvalue weighted by Crippen LogP contribution is 2.57. The van der Waals surface area contributed by atoms with E-state index in [9.17, 15) is 27.4 Å². The lowest BCUT2D eigenvalue weighted by Gasteiger charge is -2.48. The van der Waals surface area contributed by atoms with Gasteiger partial charge in [0.2, 0.25) is 6.71 Å². The third kappa shape index (κ3) is 9.73. The number of benzene rings is 14. The van der Waals surface area contributed by atoms with Crippen molar-refractivity contribution >= 4 is 114 Å². The third-order valence-corrected chi connectivity index (χ3v) is 21.6. The molecule has 102 heavy (non-hydrogen) atoms. The van der Waals surface area contributed by atoms with Crippen LogP contribution in [0.25, 0.3) is 94.3 Å². The van der Waals surface area contributed by atoms with Crippen LogP contribution < -0.4 is 42.6 Å². The molecule has 0 saturated carbocycles. The van der Waals surface area contributed by atoms with E-state index in [2.05, 4.69) is 65.8 Å². The van der Waals surface area contributed by atoms with Gasteiger partial charge in [0.25, 0.3) is 6.71 Å². The predicted octanol–water partition coefficient (Wildman–Crippen LogP) is 22.1. The Balaban J connectivity index is 1.13. The van der Waals surface area contributed by atoms with E-state index in [1.165, 1.54) is 4.57 Å². The molecule has 4 aliphatic heterocycles. The summed E-state index contributed by atoms with van der Waals surface area (Å²) in [6, 6.07) is 34.3. The number of nitrogens with zero attached hydrogens (tertiary/aromatic N) is 3. The SMILES string of the molecule is [2H]c1c([2H])c([2H])c(-c2c([2H])c([2H])c3c(c2[2H])Sc2c4c(c([2H])c5c2B3c2c([2H])c([2H])c([2H])c3c6c([2H])c([2H])c([2H])c([2H])c6n-5c23)N(c2c(-c3ccccc3)cc(C(C)(C)C)cc2-c2ccccc2)c2cc(C(C)(C)C)cc3c2B4c2c([2H])c([2H])c(-c4c([2H])c([2H])c([2H])c([2H])c4[2H])c([2H])c2N3c2c(-c3ccccc3)cc(C(C)(C)C)cc2-c2ccccc2)c([2H])c1[2H]. The van der Waals surface area contributed by atoms with E-state index in [-0.39, 0.29) is 76.0 Å². The van der Waals surface area contributed by atoms with Gasteiger partial charge in [-0.25, -0.2) is 0 Å². The highest BCUT2D eigenvalue weighted by atomic mass is 32.2. The quantitative estimate of drug-likeness (QED) is 0.141. The first-order valence-electron chi connectivity index (χ1n) is 46.3. The Bertz CT molecular complexity index is 7250. The van der Waals surface area contributed by atoms with Crippen LogP contribution in [0.3, 0.4) is 0 Å². The van der Waals surface area contributed by atoms with Crippen molar-refractivity contribution in [3.63, 3.8) is 0 Å². The van der Waals surface area contributed by atoms with E-state index in [0.717, 1.165) is 22.9 Å². The summed E-state index contributed by atoms with van der Waals surface area (Å²) >= 11 is 0.845. The Hall–Kier alpha value is -11.0. The first kappa shape index (κ1) is 41.6. The van der Waals surface area contributed by atoms with Gasteiger partial charge in [-0.15, -0.1) is 0 Å². The van der Waals surface area contributed by atoms with Gasteiger partial charge < -0.3 is 14.4 Å². The first-order valence-corrected chi connectivity index (χ1v) is 35.1. The summed E-state index contributed by atoms with van der Waals surface area (Å²) < 4.78 is 243. The smallest absolute Gasteiger partial charge is 0.253 e. The molecule has 5 heterocycles. The van der Waals surface area contributed by atoms with Crippen molar-refractivity contribution in [3.8, 4) is 72.4 Å². The minimum Gasteiger partial charge on any atom is -0.310 e. The summed E-state index contributed by atoms with van der Waals surface area (Å²) in [7, 11) is 0. The second-order valence-electron chi connectivity index (χ2n) is 29.7. The molecule has 0 radical (unpaired) electrons. The molecule has 0 saturated heterocycles. The lowest BCUT2D eigenvalue weighted by atomic mass is 9.30. The minimum absolute atomic E-state index is 0.00367. The van der Waals surface area contributed by atoms with Gasteiger partial charge in [-0.05, 0) is 165 Å². The Labute approximate surface area is 638 Å². The standard InChI is InChI=1S/C96H77B2N3S/c1-94(2,3)68-53-73(62-35-20-12-21-36-62)90(74(54-68)63-37-22-13-23-38-63)100-81-51-66(60-31-16-10-17-32-60)47-49-77(81)98-87-82(100)57-70(96(7,8)9)58-83(87)101(91-75(64-39-24-14-25-40-64)55-69(95(4,5)6)56-76(91)65-41-26-15-27-42-65)85-59-84-88-93(89(85)98)102-86-52-67(61-33-18-11-19-34-61)48-50-78(86)97(88)79-45-30-44-72-71-43-28-29-46-80(71)99(84)92(72)79/h10-59H,1-9H3/i10D,11D,16D,17D,18D,19D,28D,29D,30D,31D,32D,33D,34D,43D,44D,45D,46D,47D,48D,49D,50D,51D,52D,59D. The van der Waals surface area contributed by atoms with Gasteiger partial charge in [-0.3, -0.25) is 0 Å². The topological polar surface area (TPSA) is 11.4 Å². The summed E-state index contributed by atoms with van der Waals surface area (Å²) in [5, 5.41) is -0.480. The number of fused-ring (bicyclic) bond motifs is 12. The molecule has 0 amide bonds. The van der Waals surface area contributed by atoms with Crippen LogP contribution in [0.5, 0.6) is 0 Å². The average molecular weight is 1350 g/mol. The van der Waals surface area contributed by atoms with Crippen LogP contribution in [-0.4, -0.2) is 18.0 Å². The van der Waals surface area contributed by atoms with Crippen molar-refractivity contribution in [2.45, 2.75) is 88.3 Å². The van der Waals surface area contributed by atoms with E-state index in [1.807, 2.05) is 164 Å². The molecule has 0 unspecified atom stereocenters. The zero-order valence-electron chi connectivity index (χ0n) is 81.4. The van der Waals surface area contributed by atoms with Gasteiger partial charge in [0.15, 0.2) is 0 Å². The summed E-state index contributed by atoms with van der Waals surface area (Å²) in [6.45, 7) is 15.4. The molecule has 3 nitrogen and oxygen atoms in total. The maximum absolute atomic E-state index is 12.3. The maximum Gasteiger partial charge on any atom is 0.253 e. The van der Waals surface area contributed by atoms with Gasteiger partial charge >= 0.3 is 0 Å². The molecular weight excluding hydrogens is 1250 g/mol. The molecule has 1 aromatic heterocycles. The number of rotatable bonds is 8. The van der Waals surface area contributed by atoms with Crippen molar-refractivity contribution in [2.75, 3.05) is 9.80 Å². The second-order valence-corrected chi connectivity index (χ2v) is 30.7. The van der Waals surface area contributed by atoms with Crippen LogP contribution in [0, 0.1) is 0 Å². The Morgan fingerprint density at radius 1 is 0.324 bits per heavy atom. The predicted molar refractivity (Wildman–Crippen MR) is 439 cm³/mol. The zero-order chi connectivity index (χ0) is 90.0. The molecule has 4 aliphatic rings. The van der Waals surface area contributed by atoms with E-state index in [4.69, 9.17) is 5.48 Å². The molecule has 0 fully saturated rings.